The number of carbonyl (C=O) groups is 5. The van der Waals surface area contributed by atoms with E-state index in [4.69, 9.17) is 4.74 Å². The number of hydrogen-bond acceptors (Lipinski definition) is 10. The highest BCUT2D eigenvalue weighted by Crippen LogP contribution is 2.31. The lowest BCUT2D eigenvalue weighted by atomic mass is 9.84. The minimum Gasteiger partial charge on any atom is -0.480 e. The van der Waals surface area contributed by atoms with Crippen molar-refractivity contribution in [2.24, 2.45) is 16.2 Å². The fourth-order valence-corrected chi connectivity index (χ4v) is 7.48. The molecule has 1 fully saturated rings. The van der Waals surface area contributed by atoms with Gasteiger partial charge in [-0.1, -0.05) is 86.6 Å². The molecular weight excluding hydrogens is 680 g/mol. The number of nitrogens with zero attached hydrogens (tertiary/aromatic N) is 4. The maximum Gasteiger partial charge on any atom is 0.328 e. The topological polar surface area (TPSA) is 168 Å². The van der Waals surface area contributed by atoms with Crippen molar-refractivity contribution in [2.75, 3.05) is 52.4 Å². The van der Waals surface area contributed by atoms with Crippen LogP contribution in [0.4, 0.5) is 0 Å². The molecule has 1 aliphatic rings. The van der Waals surface area contributed by atoms with Gasteiger partial charge in [0.05, 0.1) is 0 Å². The van der Waals surface area contributed by atoms with Crippen LogP contribution in [0.1, 0.15) is 112 Å². The average Bonchev–Trinajstić information content (AvgIpc) is 2.94. The van der Waals surface area contributed by atoms with Gasteiger partial charge in [0.1, 0.15) is 29.8 Å². The Balaban J connectivity index is 2.86. The summed E-state index contributed by atoms with van der Waals surface area (Å²) in [5.74, 6) is -3.71. The number of ketones is 1. The molecule has 1 aromatic carbocycles. The highest BCUT2D eigenvalue weighted by atomic mass is 16.6. The van der Waals surface area contributed by atoms with E-state index in [1.807, 2.05) is 81.9 Å². The molecule has 4 unspecified atom stereocenters. The van der Waals surface area contributed by atoms with Gasteiger partial charge in [0, 0.05) is 57.9 Å². The first-order chi connectivity index (χ1) is 24.1. The number of Topliss-reactive ketones (excluding diaryl/α,β-unsaturated/α-hetero) is 1. The van der Waals surface area contributed by atoms with Crippen LogP contribution in [0.15, 0.2) is 24.3 Å². The smallest absolute Gasteiger partial charge is 0.328 e. The van der Waals surface area contributed by atoms with Gasteiger partial charge in [0.25, 0.3) is 0 Å². The Morgan fingerprint density at radius 2 is 0.811 bits per heavy atom. The third kappa shape index (κ3) is 13.2. The van der Waals surface area contributed by atoms with Crippen LogP contribution >= 0.6 is 0 Å². The molecule has 53 heavy (non-hydrogen) atoms. The van der Waals surface area contributed by atoms with Crippen molar-refractivity contribution in [2.45, 2.75) is 120 Å². The highest BCUT2D eigenvalue weighted by molar-refractivity contribution is 5.94. The van der Waals surface area contributed by atoms with E-state index in [9.17, 15) is 39.3 Å². The number of carboxylic acids is 3. The number of hydrogen-bond donors (Lipinski definition) is 3. The summed E-state index contributed by atoms with van der Waals surface area (Å²) in [6.45, 7) is 25.0. The first kappa shape index (κ1) is 45.8. The van der Waals surface area contributed by atoms with Crippen LogP contribution in [0, 0.1) is 16.2 Å². The number of ether oxygens (including phenoxy) is 1. The van der Waals surface area contributed by atoms with Crippen molar-refractivity contribution >= 4 is 29.7 Å². The molecule has 0 saturated carbocycles. The van der Waals surface area contributed by atoms with Crippen LogP contribution < -0.4 is 0 Å². The van der Waals surface area contributed by atoms with Gasteiger partial charge >= 0.3 is 23.9 Å². The van der Waals surface area contributed by atoms with Gasteiger partial charge < -0.3 is 20.1 Å². The summed E-state index contributed by atoms with van der Waals surface area (Å²) in [5.41, 5.74) is -1.89. The Bertz CT molecular complexity index is 1390. The van der Waals surface area contributed by atoms with Crippen LogP contribution in [0.25, 0.3) is 0 Å². The molecule has 0 aliphatic carbocycles. The Hall–Kier alpha value is -3.39. The second-order valence-corrected chi connectivity index (χ2v) is 18.6. The summed E-state index contributed by atoms with van der Waals surface area (Å²) in [4.78, 5) is 72.5. The van der Waals surface area contributed by atoms with Gasteiger partial charge in [-0.25, -0.2) is 4.79 Å². The number of aliphatic carboxylic acids is 3. The zero-order chi connectivity index (χ0) is 40.9. The molecule has 13 heteroatoms. The summed E-state index contributed by atoms with van der Waals surface area (Å²) in [7, 11) is 0. The fraction of sp³-hybridized carbons (Fsp3) is 0.725. The van der Waals surface area contributed by atoms with Crippen molar-refractivity contribution in [3.63, 3.8) is 0 Å². The summed E-state index contributed by atoms with van der Waals surface area (Å²) >= 11 is 0. The number of carboxylic acid groups (broad SMARTS) is 3. The molecule has 0 spiro atoms. The predicted molar refractivity (Wildman–Crippen MR) is 204 cm³/mol. The van der Waals surface area contributed by atoms with E-state index in [1.54, 1.807) is 45.0 Å². The monoisotopic (exact) mass is 746 g/mol. The Morgan fingerprint density at radius 1 is 0.528 bits per heavy atom. The van der Waals surface area contributed by atoms with Gasteiger partial charge in [-0.05, 0) is 49.5 Å². The quantitative estimate of drug-likeness (QED) is 0.217. The van der Waals surface area contributed by atoms with E-state index < -0.39 is 69.9 Å². The van der Waals surface area contributed by atoms with E-state index >= 15 is 0 Å². The van der Waals surface area contributed by atoms with Crippen molar-refractivity contribution in [3.8, 4) is 0 Å². The van der Waals surface area contributed by atoms with E-state index in [1.165, 1.54) is 6.92 Å². The lowest BCUT2D eigenvalue weighted by Gasteiger charge is -2.45. The number of esters is 1. The zero-order valence-corrected chi connectivity index (χ0v) is 34.4. The molecule has 1 saturated heterocycles. The van der Waals surface area contributed by atoms with Crippen molar-refractivity contribution in [3.05, 3.63) is 35.4 Å². The summed E-state index contributed by atoms with van der Waals surface area (Å²) in [5, 5.41) is 31.7. The van der Waals surface area contributed by atoms with Crippen LogP contribution in [0.3, 0.4) is 0 Å². The van der Waals surface area contributed by atoms with Crippen LogP contribution in [0.2, 0.25) is 0 Å². The first-order valence-corrected chi connectivity index (χ1v) is 18.5. The molecule has 1 aliphatic heterocycles. The van der Waals surface area contributed by atoms with Gasteiger partial charge in [-0.15, -0.1) is 0 Å². The van der Waals surface area contributed by atoms with Gasteiger partial charge in [0.2, 0.25) is 0 Å². The number of carbonyl (C=O) groups excluding carboxylic acids is 2. The first-order valence-electron chi connectivity index (χ1n) is 18.5. The van der Waals surface area contributed by atoms with Crippen molar-refractivity contribution in [1.82, 2.24) is 19.6 Å². The molecule has 0 radical (unpaired) electrons. The summed E-state index contributed by atoms with van der Waals surface area (Å²) in [6, 6.07) is 2.96. The minimum absolute atomic E-state index is 0.127. The Morgan fingerprint density at radius 3 is 1.04 bits per heavy atom. The standard InChI is InChI=1S/C40H66N4O9/c1-26(45)27-14-16-28(17-15-27)29(36(52)53-40(11,12)13)41-18-20-42(30(33(46)47)37(2,3)4)22-24-44(32(35(50)51)39(8,9)10)25-23-43(21-19-41)31(34(48)49)38(5,6)7/h14-17,29-32H,18-25H2,1-13H3,(H,46,47)(H,48,49)(H,50,51). The Kier molecular flexibility index (Phi) is 15.4. The van der Waals surface area contributed by atoms with Gasteiger partial charge in [0.15, 0.2) is 5.78 Å². The van der Waals surface area contributed by atoms with E-state index in [-0.39, 0.29) is 58.1 Å². The van der Waals surface area contributed by atoms with Crippen LogP contribution in [-0.4, -0.2) is 141 Å². The molecule has 0 bridgehead atoms. The Labute approximate surface area is 316 Å². The zero-order valence-electron chi connectivity index (χ0n) is 34.4. The summed E-state index contributed by atoms with van der Waals surface area (Å²) < 4.78 is 5.96. The second-order valence-electron chi connectivity index (χ2n) is 18.6. The average molecular weight is 747 g/mol. The largest absolute Gasteiger partial charge is 0.480 e. The third-order valence-electron chi connectivity index (χ3n) is 9.58. The summed E-state index contributed by atoms with van der Waals surface area (Å²) in [6.07, 6.45) is 0. The maximum absolute atomic E-state index is 14.2. The van der Waals surface area contributed by atoms with Crippen LogP contribution in [0.5, 0.6) is 0 Å². The molecule has 2 rings (SSSR count). The highest BCUT2D eigenvalue weighted by Gasteiger charge is 2.43. The SMILES string of the molecule is CC(=O)c1ccc(C(C(=O)OC(C)(C)C)N2CCN(C(C(=O)O)C(C)(C)C)CCN(C(C(=O)O)C(C)(C)C)CCN(C(C(=O)O)C(C)(C)C)CC2)cc1. The third-order valence-corrected chi connectivity index (χ3v) is 9.58. The molecule has 0 aromatic heterocycles. The molecular formula is C40H66N4O9. The van der Waals surface area contributed by atoms with Crippen molar-refractivity contribution in [1.29, 1.82) is 0 Å². The normalized spacial score (nSPS) is 19.6. The van der Waals surface area contributed by atoms with E-state index in [0.29, 0.717) is 11.1 Å². The second kappa shape index (κ2) is 17.8. The lowest BCUT2D eigenvalue weighted by molar-refractivity contribution is -0.163. The molecule has 1 aromatic rings. The van der Waals surface area contributed by atoms with E-state index in [0.717, 1.165) is 0 Å². The minimum atomic E-state index is -1.02. The number of rotatable bonds is 10. The molecule has 13 nitrogen and oxygen atoms in total. The van der Waals surface area contributed by atoms with Crippen molar-refractivity contribution < 1.29 is 44.0 Å². The lowest BCUT2D eigenvalue weighted by Crippen LogP contribution is -2.59. The molecule has 0 amide bonds. The van der Waals surface area contributed by atoms with Gasteiger partial charge in [-0.3, -0.25) is 38.8 Å². The molecule has 300 valence electrons. The maximum atomic E-state index is 14.2. The van der Waals surface area contributed by atoms with Crippen LogP contribution in [-0.2, 0) is 23.9 Å². The molecule has 1 heterocycles. The fourth-order valence-electron chi connectivity index (χ4n) is 7.48. The molecule has 4 atom stereocenters. The van der Waals surface area contributed by atoms with Gasteiger partial charge in [-0.2, -0.15) is 0 Å². The predicted octanol–water partition coefficient (Wildman–Crippen LogP) is 4.99. The number of benzene rings is 1. The molecule has 3 N–H and O–H groups in total. The van der Waals surface area contributed by atoms with E-state index in [2.05, 4.69) is 0 Å².